The highest BCUT2D eigenvalue weighted by molar-refractivity contribution is 9.10. The van der Waals surface area contributed by atoms with Crippen molar-refractivity contribution in [3.63, 3.8) is 0 Å². The molecule has 100 valence electrons. The van der Waals surface area contributed by atoms with E-state index in [1.807, 2.05) is 48.5 Å². The first-order valence-corrected chi connectivity index (χ1v) is 6.79. The van der Waals surface area contributed by atoms with Crippen LogP contribution < -0.4 is 4.74 Å². The molecule has 0 unspecified atom stereocenters. The molecule has 0 radical (unpaired) electrons. The van der Waals surface area contributed by atoms with Gasteiger partial charge in [0.05, 0.1) is 7.11 Å². The molecule has 2 aromatic carbocycles. The van der Waals surface area contributed by atoms with Gasteiger partial charge in [0.2, 0.25) is 5.82 Å². The van der Waals surface area contributed by atoms with E-state index in [0.29, 0.717) is 11.7 Å². The third-order valence-electron chi connectivity index (χ3n) is 2.85. The number of hydrogen-bond donors (Lipinski definition) is 0. The molecule has 0 saturated heterocycles. The van der Waals surface area contributed by atoms with E-state index in [9.17, 15) is 0 Å². The minimum atomic E-state index is 0.489. The van der Waals surface area contributed by atoms with Gasteiger partial charge < -0.3 is 9.26 Å². The Hall–Kier alpha value is -2.14. The van der Waals surface area contributed by atoms with Gasteiger partial charge in [-0.15, -0.1) is 0 Å². The van der Waals surface area contributed by atoms with Gasteiger partial charge in [-0.3, -0.25) is 0 Å². The molecule has 0 atom stereocenters. The zero-order valence-corrected chi connectivity index (χ0v) is 12.3. The Morgan fingerprint density at radius 2 is 1.85 bits per heavy atom. The van der Waals surface area contributed by atoms with Crippen molar-refractivity contribution in [3.8, 4) is 28.6 Å². The van der Waals surface area contributed by atoms with Crippen LogP contribution in [0.1, 0.15) is 0 Å². The maximum Gasteiger partial charge on any atom is 0.258 e. The largest absolute Gasteiger partial charge is 0.497 e. The fraction of sp³-hybridized carbons (Fsp3) is 0.0667. The number of methoxy groups -OCH3 is 1. The zero-order valence-electron chi connectivity index (χ0n) is 10.7. The van der Waals surface area contributed by atoms with Crippen LogP contribution in [0.5, 0.6) is 5.75 Å². The van der Waals surface area contributed by atoms with Crippen LogP contribution in [0.25, 0.3) is 22.8 Å². The van der Waals surface area contributed by atoms with Crippen molar-refractivity contribution in [2.75, 3.05) is 7.11 Å². The third kappa shape index (κ3) is 2.58. The van der Waals surface area contributed by atoms with Gasteiger partial charge in [-0.1, -0.05) is 33.2 Å². The number of ether oxygens (including phenoxy) is 1. The van der Waals surface area contributed by atoms with E-state index >= 15 is 0 Å². The van der Waals surface area contributed by atoms with E-state index in [0.717, 1.165) is 21.3 Å². The lowest BCUT2D eigenvalue weighted by molar-refractivity contribution is 0.414. The summed E-state index contributed by atoms with van der Waals surface area (Å²) in [5.74, 6) is 1.85. The lowest BCUT2D eigenvalue weighted by atomic mass is 10.2. The molecule has 3 rings (SSSR count). The predicted molar refractivity (Wildman–Crippen MR) is 79.4 cm³/mol. The normalized spacial score (nSPS) is 10.5. The molecule has 0 aliphatic rings. The third-order valence-corrected chi connectivity index (χ3v) is 3.34. The SMILES string of the molecule is COc1ccc(-c2nc(-c3cccc(Br)c3)no2)cc1. The molecule has 0 saturated carbocycles. The van der Waals surface area contributed by atoms with Crippen LogP contribution in [-0.4, -0.2) is 17.3 Å². The lowest BCUT2D eigenvalue weighted by Gasteiger charge is -1.98. The summed E-state index contributed by atoms with van der Waals surface area (Å²) in [4.78, 5) is 4.41. The molecule has 3 aromatic rings. The predicted octanol–water partition coefficient (Wildman–Crippen LogP) is 4.17. The average Bonchev–Trinajstić information content (AvgIpc) is 2.97. The van der Waals surface area contributed by atoms with Gasteiger partial charge in [0.25, 0.3) is 5.89 Å². The quantitative estimate of drug-likeness (QED) is 0.723. The highest BCUT2D eigenvalue weighted by Crippen LogP contribution is 2.25. The standard InChI is InChI=1S/C15H11BrN2O2/c1-19-13-7-5-10(6-8-13)15-17-14(18-20-15)11-3-2-4-12(16)9-11/h2-9H,1H3. The maximum absolute atomic E-state index is 5.30. The van der Waals surface area contributed by atoms with Crippen molar-refractivity contribution in [1.29, 1.82) is 0 Å². The highest BCUT2D eigenvalue weighted by atomic mass is 79.9. The van der Waals surface area contributed by atoms with Gasteiger partial charge >= 0.3 is 0 Å². The number of rotatable bonds is 3. The number of hydrogen-bond acceptors (Lipinski definition) is 4. The number of benzene rings is 2. The molecule has 1 heterocycles. The first kappa shape index (κ1) is 12.9. The van der Waals surface area contributed by atoms with Crippen LogP contribution in [0.4, 0.5) is 0 Å². The zero-order chi connectivity index (χ0) is 13.9. The molecule has 0 aliphatic carbocycles. The van der Waals surface area contributed by atoms with Crippen molar-refractivity contribution in [3.05, 3.63) is 53.0 Å². The Morgan fingerprint density at radius 1 is 1.05 bits per heavy atom. The number of nitrogens with zero attached hydrogens (tertiary/aromatic N) is 2. The molecule has 0 spiro atoms. The summed E-state index contributed by atoms with van der Waals surface area (Å²) in [5.41, 5.74) is 1.77. The van der Waals surface area contributed by atoms with Gasteiger partial charge in [-0.2, -0.15) is 4.98 Å². The fourth-order valence-corrected chi connectivity index (χ4v) is 2.22. The highest BCUT2D eigenvalue weighted by Gasteiger charge is 2.10. The molecule has 1 aromatic heterocycles. The van der Waals surface area contributed by atoms with Crippen LogP contribution >= 0.6 is 15.9 Å². The number of halogens is 1. The second kappa shape index (κ2) is 5.46. The second-order valence-electron chi connectivity index (χ2n) is 4.16. The monoisotopic (exact) mass is 330 g/mol. The van der Waals surface area contributed by atoms with Gasteiger partial charge in [0.15, 0.2) is 0 Å². The Kier molecular flexibility index (Phi) is 3.52. The lowest BCUT2D eigenvalue weighted by Crippen LogP contribution is -1.83. The molecule has 0 fully saturated rings. The molecule has 0 N–H and O–H groups in total. The minimum absolute atomic E-state index is 0.489. The molecule has 20 heavy (non-hydrogen) atoms. The summed E-state index contributed by atoms with van der Waals surface area (Å²) >= 11 is 3.43. The fourth-order valence-electron chi connectivity index (χ4n) is 1.82. The molecule has 0 amide bonds. The smallest absolute Gasteiger partial charge is 0.258 e. The Labute approximate surface area is 124 Å². The van der Waals surface area contributed by atoms with Gasteiger partial charge in [0.1, 0.15) is 5.75 Å². The first-order chi connectivity index (χ1) is 9.76. The Morgan fingerprint density at radius 3 is 2.55 bits per heavy atom. The number of aromatic nitrogens is 2. The van der Waals surface area contributed by atoms with E-state index in [2.05, 4.69) is 26.1 Å². The van der Waals surface area contributed by atoms with Crippen molar-refractivity contribution in [2.24, 2.45) is 0 Å². The summed E-state index contributed by atoms with van der Waals surface area (Å²) in [6.45, 7) is 0. The summed E-state index contributed by atoms with van der Waals surface area (Å²) in [5, 5.41) is 4.01. The average molecular weight is 331 g/mol. The van der Waals surface area contributed by atoms with Crippen molar-refractivity contribution in [1.82, 2.24) is 10.1 Å². The van der Waals surface area contributed by atoms with Crippen molar-refractivity contribution >= 4 is 15.9 Å². The molecule has 4 nitrogen and oxygen atoms in total. The minimum Gasteiger partial charge on any atom is -0.497 e. The van der Waals surface area contributed by atoms with Crippen LogP contribution in [0.15, 0.2) is 57.5 Å². The molecule has 5 heteroatoms. The van der Waals surface area contributed by atoms with E-state index in [-0.39, 0.29) is 0 Å². The van der Waals surface area contributed by atoms with Crippen LogP contribution in [0, 0.1) is 0 Å². The second-order valence-corrected chi connectivity index (χ2v) is 5.08. The summed E-state index contributed by atoms with van der Waals surface area (Å²) in [6.07, 6.45) is 0. The van der Waals surface area contributed by atoms with E-state index in [1.54, 1.807) is 7.11 Å². The van der Waals surface area contributed by atoms with Gasteiger partial charge in [0, 0.05) is 15.6 Å². The molecule has 0 aliphatic heterocycles. The first-order valence-electron chi connectivity index (χ1n) is 6.00. The van der Waals surface area contributed by atoms with Gasteiger partial charge in [-0.05, 0) is 36.4 Å². The topological polar surface area (TPSA) is 48.2 Å². The van der Waals surface area contributed by atoms with Gasteiger partial charge in [-0.25, -0.2) is 0 Å². The summed E-state index contributed by atoms with van der Waals surface area (Å²) in [6, 6.07) is 15.3. The Balaban J connectivity index is 1.93. The molecular weight excluding hydrogens is 320 g/mol. The van der Waals surface area contributed by atoms with Crippen LogP contribution in [0.2, 0.25) is 0 Å². The summed E-state index contributed by atoms with van der Waals surface area (Å²) in [7, 11) is 1.63. The van der Waals surface area contributed by atoms with Crippen molar-refractivity contribution < 1.29 is 9.26 Å². The van der Waals surface area contributed by atoms with E-state index in [1.165, 1.54) is 0 Å². The molecule has 0 bridgehead atoms. The van der Waals surface area contributed by atoms with E-state index < -0.39 is 0 Å². The van der Waals surface area contributed by atoms with Crippen LogP contribution in [-0.2, 0) is 0 Å². The maximum atomic E-state index is 5.30. The van der Waals surface area contributed by atoms with Crippen LogP contribution in [0.3, 0.4) is 0 Å². The van der Waals surface area contributed by atoms with E-state index in [4.69, 9.17) is 9.26 Å². The summed E-state index contributed by atoms with van der Waals surface area (Å²) < 4.78 is 11.4. The molecular formula is C15H11BrN2O2. The van der Waals surface area contributed by atoms with Crippen molar-refractivity contribution in [2.45, 2.75) is 0 Å². The Bertz CT molecular complexity index is 723.